The van der Waals surface area contributed by atoms with Gasteiger partial charge in [-0.1, -0.05) is 48.0 Å². The molecule has 4 nitrogen and oxygen atoms in total. The molecule has 1 atom stereocenters. The van der Waals surface area contributed by atoms with Crippen LogP contribution >= 0.6 is 15.9 Å². The quantitative estimate of drug-likeness (QED) is 0.817. The first kappa shape index (κ1) is 17.7. The third-order valence-electron chi connectivity index (χ3n) is 4.47. The van der Waals surface area contributed by atoms with Gasteiger partial charge in [-0.05, 0) is 41.8 Å². The summed E-state index contributed by atoms with van der Waals surface area (Å²) in [5.41, 5.74) is 2.76. The van der Waals surface area contributed by atoms with Crippen LogP contribution in [0.5, 0.6) is 0 Å². The average Bonchev–Trinajstić information content (AvgIpc) is 2.98. The van der Waals surface area contributed by atoms with Crippen molar-refractivity contribution in [1.29, 1.82) is 0 Å². The molecule has 0 unspecified atom stereocenters. The van der Waals surface area contributed by atoms with Crippen LogP contribution in [-0.2, 0) is 9.59 Å². The lowest BCUT2D eigenvalue weighted by Crippen LogP contribution is -2.28. The summed E-state index contributed by atoms with van der Waals surface area (Å²) < 4.78 is 0.961. The molecule has 2 amide bonds. The number of para-hydroxylation sites is 1. The number of carbonyl (C=O) groups is 2. The summed E-state index contributed by atoms with van der Waals surface area (Å²) in [5.74, 6) is -0.127. The van der Waals surface area contributed by atoms with Crippen LogP contribution in [0.4, 0.5) is 11.4 Å². The van der Waals surface area contributed by atoms with E-state index >= 15 is 0 Å². The zero-order chi connectivity index (χ0) is 18.0. The summed E-state index contributed by atoms with van der Waals surface area (Å²) in [7, 11) is 0. The lowest BCUT2D eigenvalue weighted by molar-refractivity contribution is -0.122. The van der Waals surface area contributed by atoms with E-state index in [4.69, 9.17) is 0 Å². The third kappa shape index (κ3) is 3.93. The van der Waals surface area contributed by atoms with Gasteiger partial charge in [0.25, 0.3) is 0 Å². The minimum absolute atomic E-state index is 0.0142. The Hall–Kier alpha value is -2.14. The maximum atomic E-state index is 12.7. The van der Waals surface area contributed by atoms with Crippen LogP contribution in [0.1, 0.15) is 31.7 Å². The van der Waals surface area contributed by atoms with Crippen LogP contribution in [0, 0.1) is 5.92 Å². The fraction of sp³-hybridized carbons (Fsp3) is 0.300. The molecule has 0 radical (unpaired) electrons. The van der Waals surface area contributed by atoms with E-state index in [1.54, 1.807) is 4.90 Å². The lowest BCUT2D eigenvalue weighted by atomic mass is 10.0. The van der Waals surface area contributed by atoms with Gasteiger partial charge >= 0.3 is 0 Å². The first-order chi connectivity index (χ1) is 12.0. The molecule has 0 spiro atoms. The van der Waals surface area contributed by atoms with E-state index in [1.807, 2.05) is 48.5 Å². The maximum absolute atomic E-state index is 12.7. The van der Waals surface area contributed by atoms with E-state index in [-0.39, 0.29) is 24.2 Å². The van der Waals surface area contributed by atoms with Crippen LogP contribution < -0.4 is 10.2 Å². The number of amides is 2. The van der Waals surface area contributed by atoms with E-state index in [0.717, 1.165) is 21.4 Å². The highest BCUT2D eigenvalue weighted by Crippen LogP contribution is 2.29. The number of hydrogen-bond donors (Lipinski definition) is 1. The van der Waals surface area contributed by atoms with E-state index in [0.29, 0.717) is 12.5 Å². The number of nitrogens with zero attached hydrogens (tertiary/aromatic N) is 1. The molecule has 0 aliphatic carbocycles. The molecular formula is C20H21BrN2O2. The van der Waals surface area contributed by atoms with Gasteiger partial charge in [0.05, 0.1) is 5.92 Å². The van der Waals surface area contributed by atoms with Gasteiger partial charge in [-0.15, -0.1) is 0 Å². The topological polar surface area (TPSA) is 49.4 Å². The zero-order valence-electron chi connectivity index (χ0n) is 14.3. The Kier molecular flexibility index (Phi) is 5.23. The third-order valence-corrected chi connectivity index (χ3v) is 5.00. The molecule has 1 fully saturated rings. The number of halogens is 1. The Bertz CT molecular complexity index is 787. The van der Waals surface area contributed by atoms with Crippen LogP contribution in [0.2, 0.25) is 0 Å². The fourth-order valence-electron chi connectivity index (χ4n) is 3.10. The molecule has 0 aromatic heterocycles. The summed E-state index contributed by atoms with van der Waals surface area (Å²) in [6.45, 7) is 4.61. The van der Waals surface area contributed by atoms with Gasteiger partial charge in [0.2, 0.25) is 11.8 Å². The van der Waals surface area contributed by atoms with Crippen molar-refractivity contribution in [3.8, 4) is 0 Å². The molecule has 5 heteroatoms. The smallest absolute Gasteiger partial charge is 0.229 e. The molecule has 25 heavy (non-hydrogen) atoms. The number of hydrogen-bond acceptors (Lipinski definition) is 2. The van der Waals surface area contributed by atoms with Crippen molar-refractivity contribution in [3.05, 3.63) is 58.6 Å². The number of carbonyl (C=O) groups excluding carboxylic acids is 2. The first-order valence-corrected chi connectivity index (χ1v) is 9.20. The van der Waals surface area contributed by atoms with Crippen molar-refractivity contribution >= 4 is 39.1 Å². The molecule has 1 aliphatic rings. The van der Waals surface area contributed by atoms with Gasteiger partial charge in [0.15, 0.2) is 0 Å². The van der Waals surface area contributed by atoms with Crippen LogP contribution in [-0.4, -0.2) is 18.4 Å². The fourth-order valence-corrected chi connectivity index (χ4v) is 3.37. The van der Waals surface area contributed by atoms with E-state index < -0.39 is 0 Å². The monoisotopic (exact) mass is 400 g/mol. The van der Waals surface area contributed by atoms with E-state index in [9.17, 15) is 9.59 Å². The largest absolute Gasteiger partial charge is 0.326 e. The molecule has 0 bridgehead atoms. The summed E-state index contributed by atoms with van der Waals surface area (Å²) in [4.78, 5) is 26.7. The second-order valence-corrected chi connectivity index (χ2v) is 7.53. The molecule has 130 valence electrons. The minimum atomic E-state index is -0.337. The highest BCUT2D eigenvalue weighted by molar-refractivity contribution is 9.10. The summed E-state index contributed by atoms with van der Waals surface area (Å²) >= 11 is 3.39. The Morgan fingerprint density at radius 1 is 1.16 bits per heavy atom. The predicted molar refractivity (Wildman–Crippen MR) is 104 cm³/mol. The van der Waals surface area contributed by atoms with Gasteiger partial charge < -0.3 is 10.2 Å². The van der Waals surface area contributed by atoms with Crippen LogP contribution in [0.3, 0.4) is 0 Å². The van der Waals surface area contributed by atoms with Crippen molar-refractivity contribution in [2.75, 3.05) is 16.8 Å². The molecule has 0 saturated carbocycles. The van der Waals surface area contributed by atoms with Crippen molar-refractivity contribution in [2.45, 2.75) is 26.2 Å². The Morgan fingerprint density at radius 3 is 2.52 bits per heavy atom. The van der Waals surface area contributed by atoms with Gasteiger partial charge in [-0.25, -0.2) is 0 Å². The van der Waals surface area contributed by atoms with Crippen molar-refractivity contribution < 1.29 is 9.59 Å². The van der Waals surface area contributed by atoms with Gasteiger partial charge in [0.1, 0.15) is 0 Å². The van der Waals surface area contributed by atoms with E-state index in [1.165, 1.54) is 0 Å². The Morgan fingerprint density at radius 2 is 1.84 bits per heavy atom. The van der Waals surface area contributed by atoms with Gasteiger partial charge in [-0.3, -0.25) is 9.59 Å². The standard InChI is InChI=1S/C20H21BrN2O2/c1-13(2)17-5-3-4-6-18(17)22-20(25)14-11-19(24)23(12-14)16-9-7-15(21)8-10-16/h3-10,13-14H,11-12H2,1-2H3,(H,22,25)/t14-/m0/s1. The number of rotatable bonds is 4. The molecule has 1 aliphatic heterocycles. The van der Waals surface area contributed by atoms with Crippen molar-refractivity contribution in [2.24, 2.45) is 5.92 Å². The molecule has 1 saturated heterocycles. The summed E-state index contributed by atoms with van der Waals surface area (Å²) in [6, 6.07) is 15.4. The minimum Gasteiger partial charge on any atom is -0.326 e. The number of nitrogens with one attached hydrogen (secondary N) is 1. The number of benzene rings is 2. The SMILES string of the molecule is CC(C)c1ccccc1NC(=O)[C@H]1CC(=O)N(c2ccc(Br)cc2)C1. The second-order valence-electron chi connectivity index (χ2n) is 6.61. The van der Waals surface area contributed by atoms with Gasteiger partial charge in [0, 0.05) is 28.8 Å². The Balaban J connectivity index is 1.72. The molecule has 1 heterocycles. The summed E-state index contributed by atoms with van der Waals surface area (Å²) in [5, 5.41) is 3.01. The van der Waals surface area contributed by atoms with E-state index in [2.05, 4.69) is 35.1 Å². The summed E-state index contributed by atoms with van der Waals surface area (Å²) in [6.07, 6.45) is 0.242. The zero-order valence-corrected chi connectivity index (χ0v) is 15.9. The molecule has 3 rings (SSSR count). The van der Waals surface area contributed by atoms with Crippen molar-refractivity contribution in [3.63, 3.8) is 0 Å². The highest BCUT2D eigenvalue weighted by atomic mass is 79.9. The predicted octanol–water partition coefficient (Wildman–Crippen LogP) is 4.56. The highest BCUT2D eigenvalue weighted by Gasteiger charge is 2.35. The maximum Gasteiger partial charge on any atom is 0.229 e. The molecule has 2 aromatic carbocycles. The number of anilines is 2. The van der Waals surface area contributed by atoms with Gasteiger partial charge in [-0.2, -0.15) is 0 Å². The lowest BCUT2D eigenvalue weighted by Gasteiger charge is -2.18. The Labute approximate surface area is 156 Å². The molecular weight excluding hydrogens is 380 g/mol. The van der Waals surface area contributed by atoms with Crippen LogP contribution in [0.15, 0.2) is 53.0 Å². The molecule has 1 N–H and O–H groups in total. The van der Waals surface area contributed by atoms with Crippen LogP contribution in [0.25, 0.3) is 0 Å². The van der Waals surface area contributed by atoms with Crippen molar-refractivity contribution in [1.82, 2.24) is 0 Å². The average molecular weight is 401 g/mol. The first-order valence-electron chi connectivity index (χ1n) is 8.41. The normalized spacial score (nSPS) is 17.2. The second kappa shape index (κ2) is 7.40. The molecule has 2 aromatic rings.